The number of halogens is 2. The van der Waals surface area contributed by atoms with Gasteiger partial charge < -0.3 is 10.2 Å². The zero-order valence-corrected chi connectivity index (χ0v) is 14.6. The van der Waals surface area contributed by atoms with Gasteiger partial charge in [0, 0.05) is 23.7 Å². The quantitative estimate of drug-likeness (QED) is 0.884. The van der Waals surface area contributed by atoms with Crippen LogP contribution in [0.2, 0.25) is 10.0 Å². The smallest absolute Gasteiger partial charge is 0.229 e. The van der Waals surface area contributed by atoms with Crippen LogP contribution in [0.4, 0.5) is 11.4 Å². The van der Waals surface area contributed by atoms with Crippen LogP contribution in [0.15, 0.2) is 42.5 Å². The van der Waals surface area contributed by atoms with Crippen LogP contribution < -0.4 is 10.2 Å². The molecule has 0 saturated carbocycles. The molecular weight excluding hydrogens is 347 g/mol. The number of para-hydroxylation sites is 1. The summed E-state index contributed by atoms with van der Waals surface area (Å²) in [5.74, 6) is -0.681. The van der Waals surface area contributed by atoms with E-state index in [2.05, 4.69) is 5.32 Å². The summed E-state index contributed by atoms with van der Waals surface area (Å²) in [6.45, 7) is 2.31. The van der Waals surface area contributed by atoms with Crippen molar-refractivity contribution in [2.75, 3.05) is 16.8 Å². The standard InChI is InChI=1S/C18H16Cl2N2O2/c1-11-4-2-3-5-16(11)22-10-12(8-17(22)23)18(24)21-15-7-6-13(19)9-14(15)20/h2-7,9,12H,8,10H2,1H3,(H,21,24)/t12-/m0/s1. The van der Waals surface area contributed by atoms with Gasteiger partial charge in [-0.25, -0.2) is 0 Å². The maximum atomic E-state index is 12.5. The number of rotatable bonds is 3. The van der Waals surface area contributed by atoms with Crippen molar-refractivity contribution in [2.45, 2.75) is 13.3 Å². The molecule has 2 aromatic rings. The van der Waals surface area contributed by atoms with Crippen molar-refractivity contribution >= 4 is 46.4 Å². The number of carbonyl (C=O) groups excluding carboxylic acids is 2. The Labute approximate surface area is 150 Å². The molecule has 0 spiro atoms. The minimum Gasteiger partial charge on any atom is -0.324 e. The van der Waals surface area contributed by atoms with Gasteiger partial charge in [0.1, 0.15) is 0 Å². The predicted octanol–water partition coefficient (Wildman–Crippen LogP) is 4.29. The summed E-state index contributed by atoms with van der Waals surface area (Å²) in [7, 11) is 0. The van der Waals surface area contributed by atoms with E-state index in [1.54, 1.807) is 23.1 Å². The predicted molar refractivity (Wildman–Crippen MR) is 96.7 cm³/mol. The number of carbonyl (C=O) groups is 2. The molecule has 6 heteroatoms. The number of hydrogen-bond donors (Lipinski definition) is 1. The van der Waals surface area contributed by atoms with E-state index in [1.807, 2.05) is 31.2 Å². The summed E-state index contributed by atoms with van der Waals surface area (Å²) >= 11 is 11.9. The normalized spacial score (nSPS) is 17.2. The van der Waals surface area contributed by atoms with Gasteiger partial charge in [0.05, 0.1) is 16.6 Å². The van der Waals surface area contributed by atoms with E-state index < -0.39 is 5.92 Å². The van der Waals surface area contributed by atoms with Crippen molar-refractivity contribution in [3.63, 3.8) is 0 Å². The van der Waals surface area contributed by atoms with Crippen LogP contribution in [-0.4, -0.2) is 18.4 Å². The number of nitrogens with zero attached hydrogens (tertiary/aromatic N) is 1. The second-order valence-electron chi connectivity index (χ2n) is 5.81. The van der Waals surface area contributed by atoms with Crippen LogP contribution >= 0.6 is 23.2 Å². The summed E-state index contributed by atoms with van der Waals surface area (Å²) in [5, 5.41) is 3.65. The van der Waals surface area contributed by atoms with E-state index in [-0.39, 0.29) is 18.2 Å². The molecule has 3 rings (SSSR count). The maximum absolute atomic E-state index is 12.5. The number of hydrogen-bond acceptors (Lipinski definition) is 2. The van der Waals surface area contributed by atoms with Gasteiger partial charge in [0.15, 0.2) is 0 Å². The highest BCUT2D eigenvalue weighted by molar-refractivity contribution is 6.36. The van der Waals surface area contributed by atoms with Crippen LogP contribution in [0.25, 0.3) is 0 Å². The van der Waals surface area contributed by atoms with Crippen LogP contribution in [0.5, 0.6) is 0 Å². The summed E-state index contributed by atoms with van der Waals surface area (Å²) in [6, 6.07) is 12.5. The van der Waals surface area contributed by atoms with Crippen molar-refractivity contribution in [3.05, 3.63) is 58.1 Å². The monoisotopic (exact) mass is 362 g/mol. The highest BCUT2D eigenvalue weighted by Gasteiger charge is 2.35. The van der Waals surface area contributed by atoms with Gasteiger partial charge in [0.25, 0.3) is 0 Å². The minimum absolute atomic E-state index is 0.0494. The summed E-state index contributed by atoms with van der Waals surface area (Å²) < 4.78 is 0. The fraction of sp³-hybridized carbons (Fsp3) is 0.222. The largest absolute Gasteiger partial charge is 0.324 e. The van der Waals surface area contributed by atoms with Gasteiger partial charge >= 0.3 is 0 Å². The SMILES string of the molecule is Cc1ccccc1N1C[C@@H](C(=O)Nc2ccc(Cl)cc2Cl)CC1=O. The molecule has 1 aliphatic rings. The Hall–Kier alpha value is -2.04. The van der Waals surface area contributed by atoms with Crippen molar-refractivity contribution in [1.82, 2.24) is 0 Å². The molecule has 2 aromatic carbocycles. The van der Waals surface area contributed by atoms with E-state index in [4.69, 9.17) is 23.2 Å². The average molecular weight is 363 g/mol. The third-order valence-electron chi connectivity index (χ3n) is 4.09. The molecule has 0 aliphatic carbocycles. The first-order valence-corrected chi connectivity index (χ1v) is 8.33. The Morgan fingerprint density at radius 2 is 1.96 bits per heavy atom. The number of benzene rings is 2. The van der Waals surface area contributed by atoms with Crippen molar-refractivity contribution in [3.8, 4) is 0 Å². The molecule has 2 amide bonds. The van der Waals surface area contributed by atoms with E-state index in [9.17, 15) is 9.59 Å². The molecule has 1 N–H and O–H groups in total. The Bertz CT molecular complexity index is 807. The minimum atomic E-state index is -0.413. The molecule has 0 bridgehead atoms. The fourth-order valence-corrected chi connectivity index (χ4v) is 3.26. The first-order valence-electron chi connectivity index (χ1n) is 7.57. The number of nitrogens with one attached hydrogen (secondary N) is 1. The summed E-state index contributed by atoms with van der Waals surface area (Å²) in [4.78, 5) is 26.5. The van der Waals surface area contributed by atoms with Gasteiger partial charge in [-0.05, 0) is 36.8 Å². The lowest BCUT2D eigenvalue weighted by atomic mass is 10.1. The van der Waals surface area contributed by atoms with E-state index in [0.29, 0.717) is 22.3 Å². The van der Waals surface area contributed by atoms with Crippen molar-refractivity contribution < 1.29 is 9.59 Å². The van der Waals surface area contributed by atoms with Gasteiger partial charge in [-0.3, -0.25) is 9.59 Å². The summed E-state index contributed by atoms with van der Waals surface area (Å²) in [5.41, 5.74) is 2.35. The zero-order valence-electron chi connectivity index (χ0n) is 13.1. The van der Waals surface area contributed by atoms with Gasteiger partial charge in [-0.1, -0.05) is 41.4 Å². The second kappa shape index (κ2) is 6.83. The number of amides is 2. The molecule has 0 radical (unpaired) electrons. The third-order valence-corrected chi connectivity index (χ3v) is 4.64. The highest BCUT2D eigenvalue weighted by atomic mass is 35.5. The molecular formula is C18H16Cl2N2O2. The Balaban J connectivity index is 1.73. The molecule has 0 unspecified atom stereocenters. The first kappa shape index (κ1) is 16.8. The van der Waals surface area contributed by atoms with E-state index in [0.717, 1.165) is 11.3 Å². The van der Waals surface area contributed by atoms with E-state index >= 15 is 0 Å². The van der Waals surface area contributed by atoms with E-state index in [1.165, 1.54) is 0 Å². The van der Waals surface area contributed by atoms with Crippen LogP contribution in [-0.2, 0) is 9.59 Å². The molecule has 4 nitrogen and oxygen atoms in total. The average Bonchev–Trinajstić information content (AvgIpc) is 2.92. The van der Waals surface area contributed by atoms with Gasteiger partial charge in [-0.15, -0.1) is 0 Å². The van der Waals surface area contributed by atoms with Gasteiger partial charge in [-0.2, -0.15) is 0 Å². The number of anilines is 2. The molecule has 1 fully saturated rings. The maximum Gasteiger partial charge on any atom is 0.229 e. The molecule has 1 saturated heterocycles. The molecule has 1 atom stereocenters. The molecule has 124 valence electrons. The molecule has 24 heavy (non-hydrogen) atoms. The molecule has 0 aromatic heterocycles. The fourth-order valence-electron chi connectivity index (χ4n) is 2.81. The Morgan fingerprint density at radius 3 is 2.67 bits per heavy atom. The van der Waals surface area contributed by atoms with Crippen LogP contribution in [0.1, 0.15) is 12.0 Å². The lowest BCUT2D eigenvalue weighted by Crippen LogP contribution is -2.28. The first-order chi connectivity index (χ1) is 11.5. The summed E-state index contributed by atoms with van der Waals surface area (Å²) in [6.07, 6.45) is 0.186. The van der Waals surface area contributed by atoms with Crippen LogP contribution in [0.3, 0.4) is 0 Å². The van der Waals surface area contributed by atoms with Crippen LogP contribution in [0, 0.1) is 12.8 Å². The lowest BCUT2D eigenvalue weighted by molar-refractivity contribution is -0.122. The van der Waals surface area contributed by atoms with Gasteiger partial charge in [0.2, 0.25) is 11.8 Å². The third kappa shape index (κ3) is 3.40. The molecule has 1 heterocycles. The van der Waals surface area contributed by atoms with Crippen molar-refractivity contribution in [1.29, 1.82) is 0 Å². The second-order valence-corrected chi connectivity index (χ2v) is 6.65. The Kier molecular flexibility index (Phi) is 4.78. The molecule has 1 aliphatic heterocycles. The topological polar surface area (TPSA) is 49.4 Å². The zero-order chi connectivity index (χ0) is 17.3. The lowest BCUT2D eigenvalue weighted by Gasteiger charge is -2.19. The van der Waals surface area contributed by atoms with Crippen molar-refractivity contribution in [2.24, 2.45) is 5.92 Å². The number of aryl methyl sites for hydroxylation is 1. The highest BCUT2D eigenvalue weighted by Crippen LogP contribution is 2.30. The Morgan fingerprint density at radius 1 is 1.21 bits per heavy atom.